The second kappa shape index (κ2) is 8.55. The monoisotopic (exact) mass is 299 g/mol. The Hall–Kier alpha value is -1.86. The first-order valence-corrected chi connectivity index (χ1v) is 8.26. The van der Waals surface area contributed by atoms with E-state index in [4.69, 9.17) is 5.26 Å². The number of benzene rings is 1. The quantitative estimate of drug-likeness (QED) is 0.893. The van der Waals surface area contributed by atoms with Gasteiger partial charge in [0.1, 0.15) is 0 Å². The molecule has 118 valence electrons. The molecule has 1 aliphatic rings. The highest BCUT2D eigenvalue weighted by Crippen LogP contribution is 2.17. The van der Waals surface area contributed by atoms with Crippen molar-refractivity contribution < 1.29 is 4.79 Å². The van der Waals surface area contributed by atoms with E-state index in [0.717, 1.165) is 18.5 Å². The van der Waals surface area contributed by atoms with Crippen LogP contribution < -0.4 is 10.6 Å². The number of anilines is 1. The Labute approximate surface area is 132 Å². The van der Waals surface area contributed by atoms with Crippen molar-refractivity contribution in [3.05, 3.63) is 29.8 Å². The number of nitriles is 1. The fourth-order valence-corrected chi connectivity index (χ4v) is 2.93. The van der Waals surface area contributed by atoms with Gasteiger partial charge in [0.15, 0.2) is 0 Å². The van der Waals surface area contributed by atoms with Crippen molar-refractivity contribution in [3.63, 3.8) is 0 Å². The third-order valence-corrected chi connectivity index (χ3v) is 4.27. The van der Waals surface area contributed by atoms with Crippen LogP contribution in [-0.2, 0) is 4.79 Å². The van der Waals surface area contributed by atoms with Crippen molar-refractivity contribution in [2.45, 2.75) is 64.0 Å². The van der Waals surface area contributed by atoms with E-state index in [2.05, 4.69) is 16.7 Å². The van der Waals surface area contributed by atoms with Gasteiger partial charge in [-0.2, -0.15) is 5.26 Å². The fourth-order valence-electron chi connectivity index (χ4n) is 2.93. The lowest BCUT2D eigenvalue weighted by molar-refractivity contribution is -0.118. The van der Waals surface area contributed by atoms with Gasteiger partial charge in [0, 0.05) is 11.7 Å². The normalized spacial score (nSPS) is 17.8. The third kappa shape index (κ3) is 5.16. The van der Waals surface area contributed by atoms with Gasteiger partial charge < -0.3 is 10.6 Å². The minimum absolute atomic E-state index is 0.0215. The van der Waals surface area contributed by atoms with Gasteiger partial charge in [-0.25, -0.2) is 0 Å². The van der Waals surface area contributed by atoms with E-state index in [9.17, 15) is 4.79 Å². The first-order chi connectivity index (χ1) is 10.7. The van der Waals surface area contributed by atoms with Crippen LogP contribution in [0, 0.1) is 11.3 Å². The van der Waals surface area contributed by atoms with Gasteiger partial charge >= 0.3 is 0 Å². The lowest BCUT2D eigenvalue weighted by Gasteiger charge is -2.24. The molecular formula is C18H25N3O. The number of hydrogen-bond acceptors (Lipinski definition) is 3. The first-order valence-electron chi connectivity index (χ1n) is 8.26. The fraction of sp³-hybridized carbons (Fsp3) is 0.556. The smallest absolute Gasteiger partial charge is 0.241 e. The second-order valence-corrected chi connectivity index (χ2v) is 6.11. The molecule has 1 fully saturated rings. The predicted octanol–water partition coefficient (Wildman–Crippen LogP) is 3.59. The van der Waals surface area contributed by atoms with Crippen LogP contribution in [0.3, 0.4) is 0 Å². The van der Waals surface area contributed by atoms with E-state index in [0.29, 0.717) is 11.6 Å². The number of amides is 1. The van der Waals surface area contributed by atoms with Crippen LogP contribution in [0.2, 0.25) is 0 Å². The molecule has 0 heterocycles. The molecule has 4 heteroatoms. The summed E-state index contributed by atoms with van der Waals surface area (Å²) in [6, 6.07) is 9.26. The molecular weight excluding hydrogens is 274 g/mol. The zero-order chi connectivity index (χ0) is 15.8. The van der Waals surface area contributed by atoms with Crippen molar-refractivity contribution in [1.82, 2.24) is 5.32 Å². The maximum atomic E-state index is 12.3. The van der Waals surface area contributed by atoms with E-state index in [1.54, 1.807) is 24.3 Å². The number of rotatable bonds is 4. The summed E-state index contributed by atoms with van der Waals surface area (Å²) in [5, 5.41) is 15.1. The van der Waals surface area contributed by atoms with E-state index in [1.165, 1.54) is 32.1 Å². The number of nitrogens with zero attached hydrogens (tertiary/aromatic N) is 1. The molecule has 0 aromatic heterocycles. The van der Waals surface area contributed by atoms with Crippen molar-refractivity contribution in [2.24, 2.45) is 0 Å². The lowest BCUT2D eigenvalue weighted by atomic mass is 9.96. The topological polar surface area (TPSA) is 64.9 Å². The number of hydrogen-bond donors (Lipinski definition) is 2. The van der Waals surface area contributed by atoms with E-state index < -0.39 is 0 Å². The highest BCUT2D eigenvalue weighted by molar-refractivity contribution is 5.94. The van der Waals surface area contributed by atoms with Crippen molar-refractivity contribution in [2.75, 3.05) is 5.32 Å². The van der Waals surface area contributed by atoms with Gasteiger partial charge in [0.2, 0.25) is 5.91 Å². The molecule has 1 aliphatic carbocycles. The summed E-state index contributed by atoms with van der Waals surface area (Å²) >= 11 is 0. The summed E-state index contributed by atoms with van der Waals surface area (Å²) in [4.78, 5) is 12.3. The summed E-state index contributed by atoms with van der Waals surface area (Å²) in [7, 11) is 0. The molecule has 0 radical (unpaired) electrons. The van der Waals surface area contributed by atoms with Gasteiger partial charge in [-0.3, -0.25) is 4.79 Å². The van der Waals surface area contributed by atoms with Crippen molar-refractivity contribution >= 4 is 11.6 Å². The Balaban J connectivity index is 1.83. The Morgan fingerprint density at radius 3 is 2.32 bits per heavy atom. The molecule has 0 bridgehead atoms. The van der Waals surface area contributed by atoms with E-state index in [-0.39, 0.29) is 11.9 Å². The molecule has 1 amide bonds. The van der Waals surface area contributed by atoms with Crippen LogP contribution in [-0.4, -0.2) is 18.0 Å². The zero-order valence-electron chi connectivity index (χ0n) is 13.3. The van der Waals surface area contributed by atoms with Crippen LogP contribution in [0.4, 0.5) is 5.69 Å². The zero-order valence-corrected chi connectivity index (χ0v) is 13.3. The van der Waals surface area contributed by atoms with E-state index in [1.807, 2.05) is 6.92 Å². The maximum Gasteiger partial charge on any atom is 0.241 e. The Morgan fingerprint density at radius 2 is 1.73 bits per heavy atom. The first kappa shape index (κ1) is 16.5. The number of nitrogens with one attached hydrogen (secondary N) is 2. The highest BCUT2D eigenvalue weighted by Gasteiger charge is 2.18. The molecule has 0 unspecified atom stereocenters. The molecule has 1 aromatic carbocycles. The number of carbonyl (C=O) groups excluding carboxylic acids is 1. The van der Waals surface area contributed by atoms with Crippen LogP contribution in [0.1, 0.15) is 57.4 Å². The molecule has 4 nitrogen and oxygen atoms in total. The Bertz CT molecular complexity index is 510. The Morgan fingerprint density at radius 1 is 1.14 bits per heavy atom. The summed E-state index contributed by atoms with van der Waals surface area (Å²) in [5.74, 6) is -0.0215. The van der Waals surface area contributed by atoms with Crippen molar-refractivity contribution in [1.29, 1.82) is 5.26 Å². The van der Waals surface area contributed by atoms with Crippen LogP contribution in [0.5, 0.6) is 0 Å². The maximum absolute atomic E-state index is 12.3. The predicted molar refractivity (Wildman–Crippen MR) is 88.5 cm³/mol. The van der Waals surface area contributed by atoms with Gasteiger partial charge in [-0.1, -0.05) is 32.1 Å². The standard InChI is InChI=1S/C18H25N3O/c1-14(20-16-7-5-3-2-4-6-8-16)18(22)21-17-11-9-15(13-19)10-12-17/h9-12,14,16,20H,2-8H2,1H3,(H,21,22)/t14-/m0/s1. The summed E-state index contributed by atoms with van der Waals surface area (Å²) in [6.45, 7) is 1.91. The largest absolute Gasteiger partial charge is 0.325 e. The second-order valence-electron chi connectivity index (χ2n) is 6.11. The van der Waals surface area contributed by atoms with Crippen LogP contribution in [0.25, 0.3) is 0 Å². The lowest BCUT2D eigenvalue weighted by Crippen LogP contribution is -2.44. The molecule has 2 rings (SSSR count). The molecule has 1 aromatic rings. The summed E-state index contributed by atoms with van der Waals surface area (Å²) < 4.78 is 0. The van der Waals surface area contributed by atoms with Gasteiger partial charge in [-0.05, 0) is 44.0 Å². The minimum atomic E-state index is -0.208. The molecule has 22 heavy (non-hydrogen) atoms. The summed E-state index contributed by atoms with van der Waals surface area (Å²) in [6.07, 6.45) is 8.79. The van der Waals surface area contributed by atoms with Gasteiger partial charge in [-0.15, -0.1) is 0 Å². The van der Waals surface area contributed by atoms with Crippen molar-refractivity contribution in [3.8, 4) is 6.07 Å². The molecule has 1 atom stereocenters. The third-order valence-electron chi connectivity index (χ3n) is 4.27. The average Bonchev–Trinajstić information content (AvgIpc) is 2.50. The Kier molecular flexibility index (Phi) is 6.42. The molecule has 0 saturated heterocycles. The molecule has 0 spiro atoms. The summed E-state index contributed by atoms with van der Waals surface area (Å²) in [5.41, 5.74) is 1.33. The number of carbonyl (C=O) groups is 1. The van der Waals surface area contributed by atoms with E-state index >= 15 is 0 Å². The molecule has 0 aliphatic heterocycles. The molecule has 1 saturated carbocycles. The minimum Gasteiger partial charge on any atom is -0.325 e. The van der Waals surface area contributed by atoms with Crippen LogP contribution >= 0.6 is 0 Å². The van der Waals surface area contributed by atoms with Crippen LogP contribution in [0.15, 0.2) is 24.3 Å². The van der Waals surface area contributed by atoms with Gasteiger partial charge in [0.25, 0.3) is 0 Å². The highest BCUT2D eigenvalue weighted by atomic mass is 16.2. The SMILES string of the molecule is C[C@H](NC1CCCCCCC1)C(=O)Nc1ccc(C#N)cc1. The average molecular weight is 299 g/mol. The molecule has 2 N–H and O–H groups in total. The van der Waals surface area contributed by atoms with Gasteiger partial charge in [0.05, 0.1) is 17.7 Å².